The van der Waals surface area contributed by atoms with Gasteiger partial charge in [-0.2, -0.15) is 0 Å². The smallest absolute Gasteiger partial charge is 0.357 e. The molecule has 1 fully saturated rings. The molecular weight excluding hydrogens is 385 g/mol. The normalized spacial score (nSPS) is 13.6. The van der Waals surface area contributed by atoms with Gasteiger partial charge in [0.05, 0.1) is 30.6 Å². The van der Waals surface area contributed by atoms with Crippen molar-refractivity contribution >= 4 is 29.5 Å². The van der Waals surface area contributed by atoms with Gasteiger partial charge in [-0.15, -0.1) is 0 Å². The maximum absolute atomic E-state index is 13.9. The predicted molar refractivity (Wildman–Crippen MR) is 106 cm³/mol. The molecule has 1 N–H and O–H groups in total. The van der Waals surface area contributed by atoms with Crippen molar-refractivity contribution in [2.75, 3.05) is 25.6 Å². The first-order chi connectivity index (χ1) is 13.5. The number of ether oxygens (including phenoxy) is 2. The molecule has 0 saturated heterocycles. The standard InChI is InChI=1S/C20H21ClFN3O3/c1-3-28-9-8-14-17(20(26)27-2)24-18(13-6-7-15(21)16(22)10-13)25-19(14)23-11-12-4-5-12/h6-10,12H,3-5,11H2,1-2H3,(H,23,24,25)/b9-8+. The van der Waals surface area contributed by atoms with Crippen LogP contribution in [0.15, 0.2) is 24.5 Å². The lowest BCUT2D eigenvalue weighted by atomic mass is 10.1. The highest BCUT2D eigenvalue weighted by Gasteiger charge is 2.24. The summed E-state index contributed by atoms with van der Waals surface area (Å²) >= 11 is 5.77. The number of nitrogens with one attached hydrogen (secondary N) is 1. The fourth-order valence-corrected chi connectivity index (χ4v) is 2.67. The first kappa shape index (κ1) is 20.1. The Kier molecular flexibility index (Phi) is 6.46. The summed E-state index contributed by atoms with van der Waals surface area (Å²) in [6, 6.07) is 4.26. The summed E-state index contributed by atoms with van der Waals surface area (Å²) in [4.78, 5) is 21.2. The average Bonchev–Trinajstić information content (AvgIpc) is 3.52. The Balaban J connectivity index is 2.10. The summed E-state index contributed by atoms with van der Waals surface area (Å²) in [7, 11) is 1.28. The molecule has 148 valence electrons. The minimum absolute atomic E-state index is 0.000270. The van der Waals surface area contributed by atoms with E-state index in [2.05, 4.69) is 15.3 Å². The van der Waals surface area contributed by atoms with Gasteiger partial charge in [0.1, 0.15) is 11.6 Å². The van der Waals surface area contributed by atoms with Crippen LogP contribution in [0.2, 0.25) is 5.02 Å². The number of hydrogen-bond acceptors (Lipinski definition) is 6. The summed E-state index contributed by atoms with van der Waals surface area (Å²) in [6.07, 6.45) is 5.41. The maximum atomic E-state index is 13.9. The first-order valence-electron chi connectivity index (χ1n) is 9.01. The van der Waals surface area contributed by atoms with Gasteiger partial charge in [0.25, 0.3) is 0 Å². The van der Waals surface area contributed by atoms with Crippen molar-refractivity contribution in [1.82, 2.24) is 9.97 Å². The van der Waals surface area contributed by atoms with E-state index in [9.17, 15) is 9.18 Å². The number of nitrogens with zero attached hydrogens (tertiary/aromatic N) is 2. The van der Waals surface area contributed by atoms with Crippen LogP contribution in [0.4, 0.5) is 10.2 Å². The highest BCUT2D eigenvalue weighted by Crippen LogP contribution is 2.31. The van der Waals surface area contributed by atoms with Gasteiger partial charge in [-0.1, -0.05) is 11.6 Å². The Bertz CT molecular complexity index is 901. The molecule has 1 saturated carbocycles. The molecular formula is C20H21ClFN3O3. The molecule has 1 heterocycles. The van der Waals surface area contributed by atoms with Crippen molar-refractivity contribution in [3.8, 4) is 11.4 Å². The lowest BCUT2D eigenvalue weighted by Crippen LogP contribution is -2.14. The topological polar surface area (TPSA) is 73.3 Å². The molecule has 0 spiro atoms. The number of halogens is 2. The summed E-state index contributed by atoms with van der Waals surface area (Å²) in [5.74, 6) is 0.0297. The lowest BCUT2D eigenvalue weighted by molar-refractivity contribution is 0.0593. The minimum atomic E-state index is -0.622. The van der Waals surface area contributed by atoms with E-state index in [4.69, 9.17) is 21.1 Å². The number of aromatic nitrogens is 2. The number of esters is 1. The Morgan fingerprint density at radius 3 is 2.82 bits per heavy atom. The van der Waals surface area contributed by atoms with Gasteiger partial charge in [0.2, 0.25) is 0 Å². The van der Waals surface area contributed by atoms with Crippen LogP contribution in [0.3, 0.4) is 0 Å². The number of anilines is 1. The quantitative estimate of drug-likeness (QED) is 0.513. The Labute approximate surface area is 167 Å². The maximum Gasteiger partial charge on any atom is 0.357 e. The lowest BCUT2D eigenvalue weighted by Gasteiger charge is -2.14. The van der Waals surface area contributed by atoms with Crippen molar-refractivity contribution in [3.05, 3.63) is 46.6 Å². The van der Waals surface area contributed by atoms with Crippen LogP contribution in [0.1, 0.15) is 35.8 Å². The van der Waals surface area contributed by atoms with Crippen molar-refractivity contribution in [2.45, 2.75) is 19.8 Å². The predicted octanol–water partition coefficient (Wildman–Crippen LogP) is 4.55. The fourth-order valence-electron chi connectivity index (χ4n) is 2.55. The second-order valence-corrected chi connectivity index (χ2v) is 6.77. The molecule has 1 aromatic heterocycles. The summed E-state index contributed by atoms with van der Waals surface area (Å²) in [5.41, 5.74) is 0.929. The Morgan fingerprint density at radius 2 is 2.18 bits per heavy atom. The molecule has 2 aromatic rings. The fraction of sp³-hybridized carbons (Fsp3) is 0.350. The Hall–Kier alpha value is -2.67. The van der Waals surface area contributed by atoms with Gasteiger partial charge >= 0.3 is 5.97 Å². The van der Waals surface area contributed by atoms with Gasteiger partial charge in [0.15, 0.2) is 11.5 Å². The van der Waals surface area contributed by atoms with E-state index in [0.29, 0.717) is 29.5 Å². The molecule has 0 unspecified atom stereocenters. The van der Waals surface area contributed by atoms with E-state index < -0.39 is 11.8 Å². The molecule has 0 radical (unpaired) electrons. The Morgan fingerprint density at radius 1 is 1.39 bits per heavy atom. The molecule has 0 aliphatic heterocycles. The number of methoxy groups -OCH3 is 1. The van der Waals surface area contributed by atoms with E-state index in [1.807, 2.05) is 6.92 Å². The number of carbonyl (C=O) groups is 1. The van der Waals surface area contributed by atoms with E-state index in [-0.39, 0.29) is 16.5 Å². The van der Waals surface area contributed by atoms with Gasteiger partial charge in [-0.05, 0) is 50.0 Å². The van der Waals surface area contributed by atoms with Crippen molar-refractivity contribution in [2.24, 2.45) is 5.92 Å². The molecule has 0 bridgehead atoms. The van der Waals surface area contributed by atoms with E-state index in [1.165, 1.54) is 25.5 Å². The zero-order valence-electron chi connectivity index (χ0n) is 15.7. The molecule has 1 aliphatic carbocycles. The molecule has 3 rings (SSSR count). The third kappa shape index (κ3) is 4.78. The number of rotatable bonds is 8. The largest absolute Gasteiger partial charge is 0.501 e. The molecule has 1 aromatic carbocycles. The molecule has 0 amide bonds. The zero-order chi connectivity index (χ0) is 20.1. The third-order valence-electron chi connectivity index (χ3n) is 4.25. The van der Waals surface area contributed by atoms with Crippen LogP contribution in [0.25, 0.3) is 17.5 Å². The van der Waals surface area contributed by atoms with Crippen LogP contribution >= 0.6 is 11.6 Å². The summed E-state index contributed by atoms with van der Waals surface area (Å²) in [5, 5.41) is 3.27. The van der Waals surface area contributed by atoms with Gasteiger partial charge in [-0.3, -0.25) is 0 Å². The zero-order valence-corrected chi connectivity index (χ0v) is 16.4. The van der Waals surface area contributed by atoms with Gasteiger partial charge < -0.3 is 14.8 Å². The summed E-state index contributed by atoms with van der Waals surface area (Å²) in [6.45, 7) is 3.06. The summed E-state index contributed by atoms with van der Waals surface area (Å²) < 4.78 is 24.1. The molecule has 0 atom stereocenters. The number of carbonyl (C=O) groups excluding carboxylic acids is 1. The van der Waals surface area contributed by atoms with Crippen LogP contribution < -0.4 is 5.32 Å². The van der Waals surface area contributed by atoms with E-state index >= 15 is 0 Å². The monoisotopic (exact) mass is 405 g/mol. The highest BCUT2D eigenvalue weighted by molar-refractivity contribution is 6.30. The van der Waals surface area contributed by atoms with Crippen molar-refractivity contribution in [3.63, 3.8) is 0 Å². The van der Waals surface area contributed by atoms with Crippen LogP contribution in [0.5, 0.6) is 0 Å². The van der Waals surface area contributed by atoms with Crippen LogP contribution in [-0.2, 0) is 9.47 Å². The molecule has 1 aliphatic rings. The number of benzene rings is 1. The molecule has 28 heavy (non-hydrogen) atoms. The highest BCUT2D eigenvalue weighted by atomic mass is 35.5. The average molecular weight is 406 g/mol. The second-order valence-electron chi connectivity index (χ2n) is 6.36. The second kappa shape index (κ2) is 9.01. The molecule has 8 heteroatoms. The minimum Gasteiger partial charge on any atom is -0.501 e. The van der Waals surface area contributed by atoms with Gasteiger partial charge in [-0.25, -0.2) is 19.2 Å². The van der Waals surface area contributed by atoms with Crippen molar-refractivity contribution < 1.29 is 18.7 Å². The van der Waals surface area contributed by atoms with E-state index in [0.717, 1.165) is 19.4 Å². The van der Waals surface area contributed by atoms with Gasteiger partial charge in [0, 0.05) is 12.1 Å². The first-order valence-corrected chi connectivity index (χ1v) is 9.39. The third-order valence-corrected chi connectivity index (χ3v) is 4.56. The van der Waals surface area contributed by atoms with Crippen molar-refractivity contribution in [1.29, 1.82) is 0 Å². The van der Waals surface area contributed by atoms with Crippen LogP contribution in [-0.4, -0.2) is 36.2 Å². The van der Waals surface area contributed by atoms with E-state index in [1.54, 1.807) is 12.1 Å². The molecule has 6 nitrogen and oxygen atoms in total. The number of hydrogen-bond donors (Lipinski definition) is 1. The SMILES string of the molecule is CCO/C=C/c1c(NCC2CC2)nc(-c2ccc(Cl)c(F)c2)nc1C(=O)OC. The van der Waals surface area contributed by atoms with Crippen LogP contribution in [0, 0.1) is 11.7 Å².